The van der Waals surface area contributed by atoms with Crippen molar-refractivity contribution in [1.82, 2.24) is 4.90 Å². The molecule has 1 heterocycles. The van der Waals surface area contributed by atoms with Crippen molar-refractivity contribution < 1.29 is 14.3 Å². The summed E-state index contributed by atoms with van der Waals surface area (Å²) in [4.78, 5) is 17.6. The minimum Gasteiger partial charge on any atom is -0.496 e. The molecule has 2 aromatic carbocycles. The molecule has 1 N–H and O–H groups in total. The first-order valence-corrected chi connectivity index (χ1v) is 8.69. The summed E-state index contributed by atoms with van der Waals surface area (Å²) < 4.78 is 10.7. The largest absolute Gasteiger partial charge is 0.496 e. The van der Waals surface area contributed by atoms with Gasteiger partial charge in [-0.3, -0.25) is 4.79 Å². The molecule has 0 aliphatic carbocycles. The van der Waals surface area contributed by atoms with Crippen molar-refractivity contribution in [3.8, 4) is 11.5 Å². The number of para-hydroxylation sites is 2. The van der Waals surface area contributed by atoms with Gasteiger partial charge in [0.25, 0.3) is 5.91 Å². The highest BCUT2D eigenvalue weighted by atomic mass is 16.5. The van der Waals surface area contributed by atoms with E-state index in [1.807, 2.05) is 24.3 Å². The highest BCUT2D eigenvalue weighted by molar-refractivity contribution is 6.09. The van der Waals surface area contributed by atoms with Gasteiger partial charge in [0.2, 0.25) is 0 Å². The zero-order chi connectivity index (χ0) is 18.5. The first-order chi connectivity index (χ1) is 12.6. The Morgan fingerprint density at radius 3 is 2.15 bits per heavy atom. The van der Waals surface area contributed by atoms with Crippen LogP contribution < -0.4 is 19.7 Å². The summed E-state index contributed by atoms with van der Waals surface area (Å²) in [6.45, 7) is 3.87. The number of piperazine rings is 1. The van der Waals surface area contributed by atoms with E-state index in [9.17, 15) is 4.79 Å². The average molecular weight is 355 g/mol. The van der Waals surface area contributed by atoms with Gasteiger partial charge in [-0.1, -0.05) is 18.2 Å². The molecule has 1 aliphatic heterocycles. The number of carbonyl (C=O) groups excluding carboxylic acids is 1. The molecule has 6 heteroatoms. The van der Waals surface area contributed by atoms with Crippen molar-refractivity contribution >= 4 is 17.3 Å². The number of nitrogens with zero attached hydrogens (tertiary/aromatic N) is 2. The van der Waals surface area contributed by atoms with Crippen molar-refractivity contribution in [2.24, 2.45) is 0 Å². The lowest BCUT2D eigenvalue weighted by atomic mass is 10.1. The van der Waals surface area contributed by atoms with E-state index in [0.717, 1.165) is 37.6 Å². The average Bonchev–Trinajstić information content (AvgIpc) is 2.68. The Kier molecular flexibility index (Phi) is 5.63. The number of amides is 1. The van der Waals surface area contributed by atoms with Crippen molar-refractivity contribution in [2.45, 2.75) is 0 Å². The zero-order valence-corrected chi connectivity index (χ0v) is 15.5. The summed E-state index contributed by atoms with van der Waals surface area (Å²) in [6, 6.07) is 13.2. The molecule has 138 valence electrons. The Hall–Kier alpha value is -2.73. The lowest BCUT2D eigenvalue weighted by molar-refractivity contribution is 0.102. The van der Waals surface area contributed by atoms with Crippen LogP contribution in [-0.2, 0) is 0 Å². The summed E-state index contributed by atoms with van der Waals surface area (Å²) in [7, 11) is 5.21. The zero-order valence-electron chi connectivity index (χ0n) is 15.5. The minimum atomic E-state index is -0.249. The topological polar surface area (TPSA) is 54.0 Å². The number of methoxy groups -OCH3 is 2. The Morgan fingerprint density at radius 2 is 1.54 bits per heavy atom. The molecule has 0 bridgehead atoms. The van der Waals surface area contributed by atoms with Gasteiger partial charge in [0.15, 0.2) is 0 Å². The van der Waals surface area contributed by atoms with Crippen LogP contribution in [0.1, 0.15) is 10.4 Å². The molecule has 0 unspecified atom stereocenters. The molecule has 26 heavy (non-hydrogen) atoms. The lowest BCUT2D eigenvalue weighted by Gasteiger charge is -2.35. The molecule has 6 nitrogen and oxygen atoms in total. The third-order valence-electron chi connectivity index (χ3n) is 4.65. The second kappa shape index (κ2) is 8.10. The van der Waals surface area contributed by atoms with E-state index in [-0.39, 0.29) is 5.91 Å². The standard InChI is InChI=1S/C20H25N3O3/c1-22-11-13-23(14-12-22)16-8-5-4-7-15(16)21-20(24)19-17(25-2)9-6-10-18(19)26-3/h4-10H,11-14H2,1-3H3,(H,21,24). The Labute approximate surface area is 154 Å². The van der Waals surface area contributed by atoms with Crippen LogP contribution in [0.4, 0.5) is 11.4 Å². The van der Waals surface area contributed by atoms with Crippen LogP contribution >= 0.6 is 0 Å². The van der Waals surface area contributed by atoms with Crippen molar-refractivity contribution in [3.05, 3.63) is 48.0 Å². The van der Waals surface area contributed by atoms with Crippen molar-refractivity contribution in [2.75, 3.05) is 57.7 Å². The fourth-order valence-corrected chi connectivity index (χ4v) is 3.16. The smallest absolute Gasteiger partial charge is 0.263 e. The molecule has 1 fully saturated rings. The van der Waals surface area contributed by atoms with Gasteiger partial charge < -0.3 is 24.6 Å². The van der Waals surface area contributed by atoms with E-state index in [2.05, 4.69) is 22.2 Å². The summed E-state index contributed by atoms with van der Waals surface area (Å²) in [6.07, 6.45) is 0. The fourth-order valence-electron chi connectivity index (χ4n) is 3.16. The van der Waals surface area contributed by atoms with Gasteiger partial charge in [0.05, 0.1) is 25.6 Å². The maximum atomic E-state index is 13.0. The molecule has 0 radical (unpaired) electrons. The molecular formula is C20H25N3O3. The number of anilines is 2. The van der Waals surface area contributed by atoms with Crippen LogP contribution in [0.15, 0.2) is 42.5 Å². The van der Waals surface area contributed by atoms with Crippen LogP contribution in [-0.4, -0.2) is 58.3 Å². The van der Waals surface area contributed by atoms with E-state index >= 15 is 0 Å². The first kappa shape index (κ1) is 18.1. The molecule has 2 aromatic rings. The molecule has 0 saturated carbocycles. The number of ether oxygens (including phenoxy) is 2. The van der Waals surface area contributed by atoms with Gasteiger partial charge in [0.1, 0.15) is 17.1 Å². The van der Waals surface area contributed by atoms with Crippen LogP contribution in [0.5, 0.6) is 11.5 Å². The Bertz CT molecular complexity index is 748. The van der Waals surface area contributed by atoms with Gasteiger partial charge >= 0.3 is 0 Å². The maximum Gasteiger partial charge on any atom is 0.263 e. The quantitative estimate of drug-likeness (QED) is 0.894. The molecule has 1 aliphatic rings. The molecular weight excluding hydrogens is 330 g/mol. The second-order valence-corrected chi connectivity index (χ2v) is 6.30. The van der Waals surface area contributed by atoms with Gasteiger partial charge in [-0.15, -0.1) is 0 Å². The van der Waals surface area contributed by atoms with Gasteiger partial charge in [-0.25, -0.2) is 0 Å². The van der Waals surface area contributed by atoms with Gasteiger partial charge in [0, 0.05) is 26.2 Å². The number of carbonyl (C=O) groups is 1. The molecule has 1 saturated heterocycles. The normalized spacial score (nSPS) is 14.8. The number of nitrogens with one attached hydrogen (secondary N) is 1. The number of likely N-dealkylation sites (N-methyl/N-ethyl adjacent to an activating group) is 1. The van der Waals surface area contributed by atoms with Crippen LogP contribution in [0, 0.1) is 0 Å². The maximum absolute atomic E-state index is 13.0. The van der Waals surface area contributed by atoms with E-state index in [0.29, 0.717) is 17.1 Å². The molecule has 1 amide bonds. The van der Waals surface area contributed by atoms with E-state index in [4.69, 9.17) is 9.47 Å². The first-order valence-electron chi connectivity index (χ1n) is 8.69. The third-order valence-corrected chi connectivity index (χ3v) is 4.65. The van der Waals surface area contributed by atoms with Gasteiger partial charge in [-0.2, -0.15) is 0 Å². The summed E-state index contributed by atoms with van der Waals surface area (Å²) in [5.41, 5.74) is 2.21. The number of rotatable bonds is 5. The monoisotopic (exact) mass is 355 g/mol. The second-order valence-electron chi connectivity index (χ2n) is 6.30. The van der Waals surface area contributed by atoms with Crippen molar-refractivity contribution in [3.63, 3.8) is 0 Å². The van der Waals surface area contributed by atoms with Gasteiger partial charge in [-0.05, 0) is 31.3 Å². The van der Waals surface area contributed by atoms with Crippen LogP contribution in [0.3, 0.4) is 0 Å². The predicted molar refractivity (Wildman–Crippen MR) is 104 cm³/mol. The van der Waals surface area contributed by atoms with E-state index in [1.54, 1.807) is 32.4 Å². The summed E-state index contributed by atoms with van der Waals surface area (Å²) in [5, 5.41) is 3.03. The molecule has 0 spiro atoms. The number of hydrogen-bond acceptors (Lipinski definition) is 5. The minimum absolute atomic E-state index is 0.249. The van der Waals surface area contributed by atoms with Crippen molar-refractivity contribution in [1.29, 1.82) is 0 Å². The Balaban J connectivity index is 1.87. The lowest BCUT2D eigenvalue weighted by Crippen LogP contribution is -2.44. The number of hydrogen-bond donors (Lipinski definition) is 1. The number of benzene rings is 2. The Morgan fingerprint density at radius 1 is 0.923 bits per heavy atom. The molecule has 0 aromatic heterocycles. The van der Waals surface area contributed by atoms with Crippen LogP contribution in [0.25, 0.3) is 0 Å². The summed E-state index contributed by atoms with van der Waals surface area (Å²) in [5.74, 6) is 0.721. The SMILES string of the molecule is COc1cccc(OC)c1C(=O)Nc1ccccc1N1CCN(C)CC1. The molecule has 3 rings (SSSR count). The highest BCUT2D eigenvalue weighted by Gasteiger charge is 2.21. The highest BCUT2D eigenvalue weighted by Crippen LogP contribution is 2.31. The van der Waals surface area contributed by atoms with E-state index < -0.39 is 0 Å². The van der Waals surface area contributed by atoms with E-state index in [1.165, 1.54) is 0 Å². The third kappa shape index (κ3) is 3.75. The predicted octanol–water partition coefficient (Wildman–Crippen LogP) is 2.71. The van der Waals surface area contributed by atoms with Crippen LogP contribution in [0.2, 0.25) is 0 Å². The summed E-state index contributed by atoms with van der Waals surface area (Å²) >= 11 is 0. The molecule has 0 atom stereocenters. The fraction of sp³-hybridized carbons (Fsp3) is 0.350.